The highest BCUT2D eigenvalue weighted by molar-refractivity contribution is 7.22. The lowest BCUT2D eigenvalue weighted by atomic mass is 10.1. The van der Waals surface area contributed by atoms with Gasteiger partial charge in [-0.05, 0) is 56.0 Å². The minimum absolute atomic E-state index is 0.0355. The number of carbonyl (C=O) groups excluding carboxylic acids is 1. The van der Waals surface area contributed by atoms with Crippen LogP contribution in [0.4, 0.5) is 5.13 Å². The van der Waals surface area contributed by atoms with E-state index in [9.17, 15) is 4.79 Å². The number of thiazole rings is 1. The fraction of sp³-hybridized carbons (Fsp3) is 0.375. The van der Waals surface area contributed by atoms with Gasteiger partial charge >= 0.3 is 0 Å². The summed E-state index contributed by atoms with van der Waals surface area (Å²) in [5, 5.41) is 10.3. The van der Waals surface area contributed by atoms with Crippen LogP contribution in [0.25, 0.3) is 10.2 Å². The minimum Gasteiger partial charge on any atom is -0.494 e. The molecule has 0 saturated heterocycles. The van der Waals surface area contributed by atoms with E-state index < -0.39 is 0 Å². The SMILES string of the molecule is CC(Cc1ccc(OCCCC(=O)NC2=NCCCN2)cc1)Nc1nc2ccccc2s1. The van der Waals surface area contributed by atoms with Crippen LogP contribution >= 0.6 is 11.3 Å². The summed E-state index contributed by atoms with van der Waals surface area (Å²) in [5.41, 5.74) is 2.27. The van der Waals surface area contributed by atoms with Crippen LogP contribution in [0.5, 0.6) is 5.75 Å². The summed E-state index contributed by atoms with van der Waals surface area (Å²) in [6.45, 7) is 4.28. The molecule has 2 aromatic carbocycles. The molecule has 0 saturated carbocycles. The Morgan fingerprint density at radius 3 is 2.84 bits per heavy atom. The topological polar surface area (TPSA) is 87.6 Å². The number of fused-ring (bicyclic) bond motifs is 1. The number of amides is 1. The molecule has 1 unspecified atom stereocenters. The average molecular weight is 452 g/mol. The van der Waals surface area contributed by atoms with E-state index in [1.54, 1.807) is 11.3 Å². The van der Waals surface area contributed by atoms with Gasteiger partial charge in [-0.3, -0.25) is 15.1 Å². The molecule has 1 atom stereocenters. The van der Waals surface area contributed by atoms with Crippen LogP contribution in [-0.4, -0.2) is 42.6 Å². The minimum atomic E-state index is -0.0355. The van der Waals surface area contributed by atoms with Crippen molar-refractivity contribution in [2.24, 2.45) is 4.99 Å². The molecule has 1 amide bonds. The molecule has 1 aliphatic heterocycles. The number of anilines is 1. The predicted molar refractivity (Wildman–Crippen MR) is 131 cm³/mol. The Bertz CT molecular complexity index is 1030. The lowest BCUT2D eigenvalue weighted by Gasteiger charge is -2.15. The fourth-order valence-corrected chi connectivity index (χ4v) is 4.48. The molecule has 0 fully saturated rings. The smallest absolute Gasteiger partial charge is 0.226 e. The lowest BCUT2D eigenvalue weighted by Crippen LogP contribution is -2.43. The summed E-state index contributed by atoms with van der Waals surface area (Å²) in [6.07, 6.45) is 2.97. The highest BCUT2D eigenvalue weighted by Gasteiger charge is 2.10. The number of carbonyl (C=O) groups is 1. The summed E-state index contributed by atoms with van der Waals surface area (Å²) >= 11 is 1.68. The number of nitrogens with zero attached hydrogens (tertiary/aromatic N) is 2. The van der Waals surface area contributed by atoms with Gasteiger partial charge in [0.25, 0.3) is 0 Å². The van der Waals surface area contributed by atoms with E-state index >= 15 is 0 Å². The van der Waals surface area contributed by atoms with E-state index in [1.807, 2.05) is 30.3 Å². The first-order valence-electron chi connectivity index (χ1n) is 11.1. The first-order chi connectivity index (χ1) is 15.7. The second kappa shape index (κ2) is 10.9. The van der Waals surface area contributed by atoms with Gasteiger partial charge in [0.15, 0.2) is 11.1 Å². The number of benzene rings is 2. The zero-order valence-electron chi connectivity index (χ0n) is 18.3. The summed E-state index contributed by atoms with van der Waals surface area (Å²) in [6, 6.07) is 16.6. The number of para-hydroxylation sites is 1. The summed E-state index contributed by atoms with van der Waals surface area (Å²) in [5.74, 6) is 1.37. The molecule has 7 nitrogen and oxygen atoms in total. The average Bonchev–Trinajstić information content (AvgIpc) is 3.20. The molecule has 1 aromatic heterocycles. The molecule has 0 spiro atoms. The maximum absolute atomic E-state index is 12.0. The van der Waals surface area contributed by atoms with Gasteiger partial charge in [-0.25, -0.2) is 4.98 Å². The maximum Gasteiger partial charge on any atom is 0.226 e. The van der Waals surface area contributed by atoms with E-state index in [0.717, 1.165) is 42.3 Å². The van der Waals surface area contributed by atoms with E-state index in [4.69, 9.17) is 4.74 Å². The van der Waals surface area contributed by atoms with E-state index in [1.165, 1.54) is 10.3 Å². The Kier molecular flexibility index (Phi) is 7.55. The van der Waals surface area contributed by atoms with Crippen LogP contribution in [-0.2, 0) is 11.2 Å². The van der Waals surface area contributed by atoms with Gasteiger partial charge in [-0.1, -0.05) is 35.6 Å². The van der Waals surface area contributed by atoms with Crippen molar-refractivity contribution in [1.82, 2.24) is 15.6 Å². The van der Waals surface area contributed by atoms with E-state index in [2.05, 4.69) is 51.0 Å². The van der Waals surface area contributed by atoms with Crippen molar-refractivity contribution in [2.75, 3.05) is 25.0 Å². The molecular formula is C24H29N5O2S. The van der Waals surface area contributed by atoms with E-state index in [-0.39, 0.29) is 11.9 Å². The standard InChI is InChI=1S/C24H29N5O2S/c1-17(27-24-28-20-6-2-3-7-21(20)32-24)16-18-9-11-19(12-10-18)31-15-4-8-22(30)29-23-25-13-5-14-26-23/h2-3,6-7,9-12,17H,4-5,8,13-16H2,1H3,(H,27,28)(H2,25,26,29,30). The highest BCUT2D eigenvalue weighted by Crippen LogP contribution is 2.26. The third kappa shape index (κ3) is 6.43. The first-order valence-corrected chi connectivity index (χ1v) is 11.9. The first kappa shape index (κ1) is 22.1. The Morgan fingerprint density at radius 1 is 1.22 bits per heavy atom. The number of hydrogen-bond acceptors (Lipinski definition) is 7. The zero-order valence-corrected chi connectivity index (χ0v) is 19.1. The number of hydrogen-bond donors (Lipinski definition) is 3. The van der Waals surface area contributed by atoms with Crippen LogP contribution in [0, 0.1) is 0 Å². The number of nitrogens with one attached hydrogen (secondary N) is 3. The Balaban J connectivity index is 1.16. The zero-order chi connectivity index (χ0) is 22.2. The second-order valence-corrected chi connectivity index (χ2v) is 8.92. The molecule has 0 aliphatic carbocycles. The molecule has 4 rings (SSSR count). The maximum atomic E-state index is 12.0. The molecule has 8 heteroatoms. The van der Waals surface area contributed by atoms with Gasteiger partial charge in [-0.15, -0.1) is 0 Å². The summed E-state index contributed by atoms with van der Waals surface area (Å²) in [4.78, 5) is 20.8. The normalized spacial score (nSPS) is 14.3. The third-order valence-electron chi connectivity index (χ3n) is 5.10. The van der Waals surface area contributed by atoms with Crippen molar-refractivity contribution in [2.45, 2.75) is 38.6 Å². The second-order valence-electron chi connectivity index (χ2n) is 7.89. The van der Waals surface area contributed by atoms with Crippen molar-refractivity contribution in [3.05, 3.63) is 54.1 Å². The van der Waals surface area contributed by atoms with Crippen LogP contribution < -0.4 is 20.7 Å². The molecule has 2 heterocycles. The number of ether oxygens (including phenoxy) is 1. The molecule has 3 aromatic rings. The van der Waals surface area contributed by atoms with Gasteiger partial charge in [-0.2, -0.15) is 0 Å². The molecule has 168 valence electrons. The monoisotopic (exact) mass is 451 g/mol. The largest absolute Gasteiger partial charge is 0.494 e. The molecular weight excluding hydrogens is 422 g/mol. The lowest BCUT2D eigenvalue weighted by molar-refractivity contribution is -0.119. The van der Waals surface area contributed by atoms with Gasteiger partial charge in [0.1, 0.15) is 5.75 Å². The summed E-state index contributed by atoms with van der Waals surface area (Å²) in [7, 11) is 0. The van der Waals surface area contributed by atoms with Gasteiger partial charge in [0.05, 0.1) is 16.8 Å². The summed E-state index contributed by atoms with van der Waals surface area (Å²) < 4.78 is 6.98. The number of rotatable bonds is 9. The van der Waals surface area contributed by atoms with Crippen molar-refractivity contribution < 1.29 is 9.53 Å². The van der Waals surface area contributed by atoms with Crippen LogP contribution in [0.2, 0.25) is 0 Å². The Hall–Kier alpha value is -3.13. The number of aromatic nitrogens is 1. The quantitative estimate of drug-likeness (QED) is 0.429. The van der Waals surface area contributed by atoms with Crippen molar-refractivity contribution in [3.8, 4) is 5.75 Å². The molecule has 0 radical (unpaired) electrons. The predicted octanol–water partition coefficient (Wildman–Crippen LogP) is 3.96. The Morgan fingerprint density at radius 2 is 2.06 bits per heavy atom. The highest BCUT2D eigenvalue weighted by atomic mass is 32.1. The molecule has 1 aliphatic rings. The molecule has 3 N–H and O–H groups in total. The van der Waals surface area contributed by atoms with Gasteiger partial charge in [0.2, 0.25) is 5.91 Å². The molecule has 0 bridgehead atoms. The van der Waals surface area contributed by atoms with Gasteiger partial charge in [0, 0.05) is 25.6 Å². The van der Waals surface area contributed by atoms with Crippen LogP contribution in [0.1, 0.15) is 31.7 Å². The fourth-order valence-electron chi connectivity index (χ4n) is 3.50. The number of guanidine groups is 1. The van der Waals surface area contributed by atoms with Crippen LogP contribution in [0.3, 0.4) is 0 Å². The Labute approximate surface area is 192 Å². The van der Waals surface area contributed by atoms with Gasteiger partial charge < -0.3 is 15.4 Å². The van der Waals surface area contributed by atoms with Crippen molar-refractivity contribution in [1.29, 1.82) is 0 Å². The molecule has 32 heavy (non-hydrogen) atoms. The van der Waals surface area contributed by atoms with E-state index in [0.29, 0.717) is 25.4 Å². The third-order valence-corrected chi connectivity index (χ3v) is 6.07. The van der Waals surface area contributed by atoms with Crippen molar-refractivity contribution in [3.63, 3.8) is 0 Å². The van der Waals surface area contributed by atoms with Crippen molar-refractivity contribution >= 4 is 38.6 Å². The number of aliphatic imine (C=N–C) groups is 1. The van der Waals surface area contributed by atoms with Crippen LogP contribution in [0.15, 0.2) is 53.5 Å².